The second-order valence-electron chi connectivity index (χ2n) is 10.6. The van der Waals surface area contributed by atoms with E-state index in [4.69, 9.17) is 4.74 Å². The number of carbonyl (C=O) groups excluding carboxylic acids is 1. The van der Waals surface area contributed by atoms with Gasteiger partial charge in [-0.3, -0.25) is 9.59 Å². The molecule has 0 radical (unpaired) electrons. The normalized spacial score (nSPS) is 43.0. The third-order valence-corrected chi connectivity index (χ3v) is 8.94. The van der Waals surface area contributed by atoms with Crippen molar-refractivity contribution in [3.63, 3.8) is 0 Å². The fraction of sp³-hybridized carbons (Fsp3) is 0.917. The summed E-state index contributed by atoms with van der Waals surface area (Å²) in [6.45, 7) is 8.28. The van der Waals surface area contributed by atoms with Crippen molar-refractivity contribution >= 4 is 11.9 Å². The van der Waals surface area contributed by atoms with Crippen LogP contribution in [0.25, 0.3) is 0 Å². The van der Waals surface area contributed by atoms with Crippen molar-refractivity contribution in [2.75, 3.05) is 0 Å². The van der Waals surface area contributed by atoms with Crippen LogP contribution < -0.4 is 0 Å². The maximum Gasteiger partial charge on any atom is 0.308 e. The third-order valence-electron chi connectivity index (χ3n) is 8.94. The van der Waals surface area contributed by atoms with Gasteiger partial charge in [-0.15, -0.1) is 0 Å². The Balaban J connectivity index is 1.70. The number of carbonyl (C=O) groups is 2. The Morgan fingerprint density at radius 3 is 2.52 bits per heavy atom. The van der Waals surface area contributed by atoms with E-state index < -0.39 is 11.6 Å². The molecule has 3 saturated carbocycles. The zero-order valence-electron chi connectivity index (χ0n) is 18.7. The summed E-state index contributed by atoms with van der Waals surface area (Å²) in [5.74, 6) is 0.690. The second kappa shape index (κ2) is 8.56. The molecule has 0 aliphatic heterocycles. The van der Waals surface area contributed by atoms with E-state index in [1.54, 1.807) is 0 Å². The van der Waals surface area contributed by atoms with Gasteiger partial charge in [-0.05, 0) is 93.8 Å². The number of carboxylic acids is 1. The van der Waals surface area contributed by atoms with Crippen LogP contribution >= 0.6 is 0 Å². The van der Waals surface area contributed by atoms with Crippen LogP contribution in [0.4, 0.5) is 0 Å². The van der Waals surface area contributed by atoms with E-state index >= 15 is 0 Å². The molecular weight excluding hydrogens is 368 g/mol. The Morgan fingerprint density at radius 2 is 1.86 bits per heavy atom. The Labute approximate surface area is 175 Å². The highest BCUT2D eigenvalue weighted by Gasteiger charge is 2.56. The van der Waals surface area contributed by atoms with E-state index in [-0.39, 0.29) is 35.7 Å². The molecule has 0 saturated heterocycles. The number of carboxylic acid groups (broad SMARTS) is 1. The van der Waals surface area contributed by atoms with Crippen molar-refractivity contribution in [3.05, 3.63) is 0 Å². The smallest absolute Gasteiger partial charge is 0.308 e. The molecule has 3 fully saturated rings. The third kappa shape index (κ3) is 4.50. The first kappa shape index (κ1) is 22.6. The van der Waals surface area contributed by atoms with Crippen molar-refractivity contribution in [1.82, 2.24) is 0 Å². The Hall–Kier alpha value is -1.10. The molecular formula is C24H40O5. The number of fused-ring (bicyclic) bond motifs is 3. The molecule has 0 bridgehead atoms. The van der Waals surface area contributed by atoms with Gasteiger partial charge in [-0.1, -0.05) is 20.8 Å². The molecule has 0 aromatic heterocycles. The molecule has 6 unspecified atom stereocenters. The van der Waals surface area contributed by atoms with Gasteiger partial charge in [0.25, 0.3) is 0 Å². The van der Waals surface area contributed by atoms with E-state index in [2.05, 4.69) is 6.92 Å². The molecule has 3 rings (SSSR count). The van der Waals surface area contributed by atoms with Gasteiger partial charge in [0.05, 0.1) is 11.5 Å². The van der Waals surface area contributed by atoms with Gasteiger partial charge in [0, 0.05) is 6.42 Å². The summed E-state index contributed by atoms with van der Waals surface area (Å²) in [6.07, 6.45) is 8.43. The first-order valence-electron chi connectivity index (χ1n) is 11.7. The molecule has 166 valence electrons. The van der Waals surface area contributed by atoms with Crippen LogP contribution in [0, 0.1) is 35.0 Å². The number of aliphatic hydroxyl groups is 1. The highest BCUT2D eigenvalue weighted by atomic mass is 16.5. The van der Waals surface area contributed by atoms with Crippen LogP contribution in [-0.2, 0) is 14.3 Å². The number of hydrogen-bond donors (Lipinski definition) is 2. The largest absolute Gasteiger partial charge is 0.481 e. The molecule has 0 amide bonds. The zero-order chi connectivity index (χ0) is 21.4. The molecule has 0 aromatic rings. The molecule has 29 heavy (non-hydrogen) atoms. The summed E-state index contributed by atoms with van der Waals surface area (Å²) in [5, 5.41) is 20.2. The molecule has 2 N–H and O–H groups in total. The van der Waals surface area contributed by atoms with Gasteiger partial charge >= 0.3 is 11.9 Å². The summed E-state index contributed by atoms with van der Waals surface area (Å²) in [5.41, 5.74) is -0.553. The van der Waals surface area contributed by atoms with Crippen LogP contribution in [0.3, 0.4) is 0 Å². The lowest BCUT2D eigenvalue weighted by atomic mass is 9.46. The average molecular weight is 409 g/mol. The SMILES string of the molecule is CCC(C)C(=O)OC1CC[C@@]2(C)C(CCC3C2CC[C@](C)(O)C3CCC(=O)O)C1. The van der Waals surface area contributed by atoms with Gasteiger partial charge in [0.15, 0.2) is 0 Å². The first-order valence-corrected chi connectivity index (χ1v) is 11.7. The molecule has 3 aliphatic carbocycles. The van der Waals surface area contributed by atoms with Crippen molar-refractivity contribution in [2.24, 2.45) is 35.0 Å². The lowest BCUT2D eigenvalue weighted by molar-refractivity contribution is -0.174. The highest BCUT2D eigenvalue weighted by molar-refractivity contribution is 5.72. The maximum absolute atomic E-state index is 12.3. The monoisotopic (exact) mass is 408 g/mol. The molecule has 5 nitrogen and oxygen atoms in total. The van der Waals surface area contributed by atoms with E-state index in [1.807, 2.05) is 20.8 Å². The van der Waals surface area contributed by atoms with Crippen molar-refractivity contribution in [1.29, 1.82) is 0 Å². The van der Waals surface area contributed by atoms with Crippen LogP contribution in [0.5, 0.6) is 0 Å². The molecule has 0 aromatic carbocycles. The molecule has 3 aliphatic rings. The summed E-state index contributed by atoms with van der Waals surface area (Å²) < 4.78 is 5.85. The van der Waals surface area contributed by atoms with Gasteiger partial charge in [-0.25, -0.2) is 0 Å². The molecule has 8 atom stereocenters. The van der Waals surface area contributed by atoms with E-state index in [1.165, 1.54) is 0 Å². The van der Waals surface area contributed by atoms with Crippen LogP contribution in [0.15, 0.2) is 0 Å². The topological polar surface area (TPSA) is 83.8 Å². The molecule has 0 spiro atoms. The minimum absolute atomic E-state index is 0.0328. The first-order chi connectivity index (χ1) is 13.6. The quantitative estimate of drug-likeness (QED) is 0.617. The fourth-order valence-corrected chi connectivity index (χ4v) is 6.88. The number of ether oxygens (including phenoxy) is 1. The van der Waals surface area contributed by atoms with Crippen LogP contribution in [0.1, 0.15) is 91.9 Å². The van der Waals surface area contributed by atoms with E-state index in [9.17, 15) is 19.8 Å². The van der Waals surface area contributed by atoms with Crippen LogP contribution in [-0.4, -0.2) is 33.9 Å². The van der Waals surface area contributed by atoms with Crippen molar-refractivity contribution in [3.8, 4) is 0 Å². The number of esters is 1. The van der Waals surface area contributed by atoms with Crippen LogP contribution in [0.2, 0.25) is 0 Å². The number of hydrogen-bond acceptors (Lipinski definition) is 4. The Kier molecular flexibility index (Phi) is 6.67. The average Bonchev–Trinajstić information content (AvgIpc) is 2.65. The minimum atomic E-state index is -0.772. The maximum atomic E-state index is 12.3. The lowest BCUT2D eigenvalue weighted by Gasteiger charge is -2.60. The standard InChI is InChI=1S/C24H40O5/c1-5-15(2)22(27)29-17-10-12-23(3)16(14-17)6-7-18-19(23)11-13-24(4,28)20(18)8-9-21(25)26/h15-20,28H,5-14H2,1-4H3,(H,25,26)/t15?,16?,17?,18?,19?,20?,23-,24-/m0/s1. The minimum Gasteiger partial charge on any atom is -0.481 e. The summed E-state index contributed by atoms with van der Waals surface area (Å²) in [4.78, 5) is 23.4. The molecule has 0 heterocycles. The second-order valence-corrected chi connectivity index (χ2v) is 10.6. The number of rotatable bonds is 6. The van der Waals surface area contributed by atoms with Crippen molar-refractivity contribution < 1.29 is 24.5 Å². The van der Waals surface area contributed by atoms with Gasteiger partial charge in [0.2, 0.25) is 0 Å². The number of aliphatic carboxylic acids is 1. The molecule has 5 heteroatoms. The predicted molar refractivity (Wildman–Crippen MR) is 111 cm³/mol. The van der Waals surface area contributed by atoms with Gasteiger partial charge in [-0.2, -0.15) is 0 Å². The highest BCUT2D eigenvalue weighted by Crippen LogP contribution is 2.62. The van der Waals surface area contributed by atoms with Crippen molar-refractivity contribution in [2.45, 2.75) is 104 Å². The Morgan fingerprint density at radius 1 is 1.14 bits per heavy atom. The lowest BCUT2D eigenvalue weighted by Crippen LogP contribution is -2.56. The summed E-state index contributed by atoms with van der Waals surface area (Å²) in [7, 11) is 0. The van der Waals surface area contributed by atoms with E-state index in [0.717, 1.165) is 51.4 Å². The van der Waals surface area contributed by atoms with Gasteiger partial charge in [0.1, 0.15) is 6.10 Å². The summed E-state index contributed by atoms with van der Waals surface area (Å²) >= 11 is 0. The fourth-order valence-electron chi connectivity index (χ4n) is 6.88. The zero-order valence-corrected chi connectivity index (χ0v) is 18.7. The van der Waals surface area contributed by atoms with Gasteiger partial charge < -0.3 is 14.9 Å². The Bertz CT molecular complexity index is 614. The van der Waals surface area contributed by atoms with E-state index in [0.29, 0.717) is 24.2 Å². The predicted octanol–water partition coefficient (Wildman–Crippen LogP) is 4.80. The summed E-state index contributed by atoms with van der Waals surface area (Å²) in [6, 6.07) is 0.